The Morgan fingerprint density at radius 3 is 2.67 bits per heavy atom. The normalized spacial score (nSPS) is 21.2. The van der Waals surface area contributed by atoms with Crippen molar-refractivity contribution in [3.63, 3.8) is 0 Å². The van der Waals surface area contributed by atoms with Gasteiger partial charge in [-0.05, 0) is 44.4 Å². The maximum Gasteiger partial charge on any atom is 0.125 e. The molecule has 2 atom stereocenters. The molecular formula is C17H27NO3. The van der Waals surface area contributed by atoms with E-state index in [-0.39, 0.29) is 12.6 Å². The topological polar surface area (TPSA) is 52.9 Å². The van der Waals surface area contributed by atoms with Crippen LogP contribution in [0.1, 0.15) is 30.4 Å². The van der Waals surface area contributed by atoms with Crippen molar-refractivity contribution in [1.82, 2.24) is 4.90 Å². The van der Waals surface area contributed by atoms with Gasteiger partial charge in [-0.1, -0.05) is 24.6 Å². The van der Waals surface area contributed by atoms with Crippen molar-refractivity contribution in [3.8, 4) is 5.75 Å². The summed E-state index contributed by atoms with van der Waals surface area (Å²) in [4.78, 5) is 2.18. The Kier molecular flexibility index (Phi) is 6.03. The van der Waals surface area contributed by atoms with Gasteiger partial charge in [0.1, 0.15) is 18.5 Å². The van der Waals surface area contributed by atoms with Crippen molar-refractivity contribution < 1.29 is 14.9 Å². The van der Waals surface area contributed by atoms with E-state index in [0.29, 0.717) is 13.2 Å². The van der Waals surface area contributed by atoms with Crippen molar-refractivity contribution in [2.75, 3.05) is 26.3 Å². The second kappa shape index (κ2) is 7.78. The number of likely N-dealkylation sites (tertiary alicyclic amines) is 1. The third-order valence-corrected chi connectivity index (χ3v) is 4.23. The van der Waals surface area contributed by atoms with Gasteiger partial charge in [-0.25, -0.2) is 0 Å². The highest BCUT2D eigenvalue weighted by Gasteiger charge is 2.23. The standard InChI is InChI=1S/C17H27NO3/c1-13-6-5-7-14(2)17(13)21-12-16(20)10-18-9-4-3-8-15(18)11-19/h5-7,15-16,19-20H,3-4,8-12H2,1-2H3/t15-,16?/m1/s1. The van der Waals surface area contributed by atoms with Gasteiger partial charge in [-0.2, -0.15) is 0 Å². The monoisotopic (exact) mass is 293 g/mol. The molecule has 0 aliphatic carbocycles. The molecule has 1 saturated heterocycles. The number of aliphatic hydroxyl groups excluding tert-OH is 2. The summed E-state index contributed by atoms with van der Waals surface area (Å²) < 4.78 is 5.80. The van der Waals surface area contributed by atoms with Gasteiger partial charge in [0.15, 0.2) is 0 Å². The fourth-order valence-corrected chi connectivity index (χ4v) is 3.04. The first kappa shape index (κ1) is 16.3. The van der Waals surface area contributed by atoms with Crippen molar-refractivity contribution in [2.45, 2.75) is 45.3 Å². The molecule has 1 aliphatic heterocycles. The van der Waals surface area contributed by atoms with Gasteiger partial charge in [-0.15, -0.1) is 0 Å². The zero-order chi connectivity index (χ0) is 15.2. The molecule has 1 aromatic carbocycles. The van der Waals surface area contributed by atoms with Crippen LogP contribution in [0.2, 0.25) is 0 Å². The number of hydrogen-bond donors (Lipinski definition) is 2. The van der Waals surface area contributed by atoms with E-state index >= 15 is 0 Å². The van der Waals surface area contributed by atoms with E-state index in [4.69, 9.17) is 4.74 Å². The van der Waals surface area contributed by atoms with E-state index in [0.717, 1.165) is 42.7 Å². The van der Waals surface area contributed by atoms with Crippen LogP contribution in [0.15, 0.2) is 18.2 Å². The highest BCUT2D eigenvalue weighted by Crippen LogP contribution is 2.23. The molecule has 1 heterocycles. The van der Waals surface area contributed by atoms with Crippen LogP contribution in [0, 0.1) is 13.8 Å². The molecule has 1 unspecified atom stereocenters. The average Bonchev–Trinajstić information content (AvgIpc) is 2.47. The van der Waals surface area contributed by atoms with Crippen LogP contribution < -0.4 is 4.74 Å². The lowest BCUT2D eigenvalue weighted by Crippen LogP contribution is -2.46. The maximum atomic E-state index is 10.2. The Morgan fingerprint density at radius 1 is 1.29 bits per heavy atom. The predicted molar refractivity (Wildman–Crippen MR) is 83.7 cm³/mol. The summed E-state index contributed by atoms with van der Waals surface area (Å²) in [5.41, 5.74) is 2.18. The van der Waals surface area contributed by atoms with Crippen LogP contribution >= 0.6 is 0 Å². The van der Waals surface area contributed by atoms with Gasteiger partial charge < -0.3 is 14.9 Å². The van der Waals surface area contributed by atoms with Crippen LogP contribution in [0.25, 0.3) is 0 Å². The largest absolute Gasteiger partial charge is 0.490 e. The molecule has 2 rings (SSSR count). The number of β-amino-alcohol motifs (C(OH)–C–C–N with tert-alkyl or cyclic N) is 1. The number of piperidine rings is 1. The smallest absolute Gasteiger partial charge is 0.125 e. The first-order valence-corrected chi connectivity index (χ1v) is 7.83. The highest BCUT2D eigenvalue weighted by atomic mass is 16.5. The Bertz CT molecular complexity index is 429. The lowest BCUT2D eigenvalue weighted by molar-refractivity contribution is 0.0230. The molecule has 0 saturated carbocycles. The van der Waals surface area contributed by atoms with Gasteiger partial charge in [0.05, 0.1) is 6.61 Å². The minimum absolute atomic E-state index is 0.171. The maximum absolute atomic E-state index is 10.2. The minimum Gasteiger partial charge on any atom is -0.490 e. The average molecular weight is 293 g/mol. The Labute approximate surface area is 127 Å². The number of nitrogens with zero attached hydrogens (tertiary/aromatic N) is 1. The Morgan fingerprint density at radius 2 is 2.00 bits per heavy atom. The summed E-state index contributed by atoms with van der Waals surface area (Å²) in [6.45, 7) is 6.01. The predicted octanol–water partition coefficient (Wildman–Crippen LogP) is 1.89. The van der Waals surface area contributed by atoms with Crippen molar-refractivity contribution in [2.24, 2.45) is 0 Å². The summed E-state index contributed by atoms with van der Waals surface area (Å²) >= 11 is 0. The number of ether oxygens (including phenoxy) is 1. The van der Waals surface area contributed by atoms with Crippen molar-refractivity contribution >= 4 is 0 Å². The van der Waals surface area contributed by atoms with E-state index in [9.17, 15) is 10.2 Å². The van der Waals surface area contributed by atoms with Gasteiger partial charge in [0, 0.05) is 12.6 Å². The number of hydrogen-bond acceptors (Lipinski definition) is 4. The second-order valence-corrected chi connectivity index (χ2v) is 6.01. The molecular weight excluding hydrogens is 266 g/mol. The van der Waals surface area contributed by atoms with Crippen LogP contribution in [0.5, 0.6) is 5.75 Å². The van der Waals surface area contributed by atoms with Gasteiger partial charge in [0.25, 0.3) is 0 Å². The van der Waals surface area contributed by atoms with Crippen LogP contribution in [0.3, 0.4) is 0 Å². The molecule has 1 fully saturated rings. The number of aryl methyl sites for hydroxylation is 2. The van der Waals surface area contributed by atoms with Crippen LogP contribution in [-0.2, 0) is 0 Å². The van der Waals surface area contributed by atoms with Crippen molar-refractivity contribution in [3.05, 3.63) is 29.3 Å². The van der Waals surface area contributed by atoms with Gasteiger partial charge in [0.2, 0.25) is 0 Å². The van der Waals surface area contributed by atoms with E-state index in [1.54, 1.807) is 0 Å². The molecule has 21 heavy (non-hydrogen) atoms. The summed E-state index contributed by atoms with van der Waals surface area (Å²) in [5.74, 6) is 0.869. The van der Waals surface area contributed by atoms with Crippen molar-refractivity contribution in [1.29, 1.82) is 0 Å². The summed E-state index contributed by atoms with van der Waals surface area (Å²) in [6, 6.07) is 6.23. The SMILES string of the molecule is Cc1cccc(C)c1OCC(O)CN1CCCC[C@@H]1CO. The van der Waals surface area contributed by atoms with E-state index < -0.39 is 6.10 Å². The van der Waals surface area contributed by atoms with Crippen LogP contribution in [0.4, 0.5) is 0 Å². The molecule has 0 spiro atoms. The molecule has 2 N–H and O–H groups in total. The zero-order valence-corrected chi connectivity index (χ0v) is 13.1. The van der Waals surface area contributed by atoms with E-state index in [1.807, 2.05) is 32.0 Å². The molecule has 0 radical (unpaired) electrons. The van der Waals surface area contributed by atoms with E-state index in [2.05, 4.69) is 4.90 Å². The Balaban J connectivity index is 1.85. The van der Waals surface area contributed by atoms with Gasteiger partial charge in [-0.3, -0.25) is 4.90 Å². The molecule has 118 valence electrons. The molecule has 1 aromatic rings. The summed E-state index contributed by atoms with van der Waals surface area (Å²) in [7, 11) is 0. The molecule has 0 bridgehead atoms. The number of benzene rings is 1. The zero-order valence-electron chi connectivity index (χ0n) is 13.1. The quantitative estimate of drug-likeness (QED) is 0.841. The molecule has 0 amide bonds. The summed E-state index contributed by atoms with van der Waals surface area (Å²) in [6.07, 6.45) is 2.79. The molecule has 0 aromatic heterocycles. The highest BCUT2D eigenvalue weighted by molar-refractivity contribution is 5.39. The Hall–Kier alpha value is -1.10. The molecule has 4 nitrogen and oxygen atoms in total. The minimum atomic E-state index is -0.531. The molecule has 1 aliphatic rings. The number of rotatable bonds is 6. The number of aliphatic hydroxyl groups is 2. The summed E-state index contributed by atoms with van der Waals surface area (Å²) in [5, 5.41) is 19.6. The fraction of sp³-hybridized carbons (Fsp3) is 0.647. The first-order valence-electron chi connectivity index (χ1n) is 7.83. The lowest BCUT2D eigenvalue weighted by Gasteiger charge is -2.35. The third kappa shape index (κ3) is 4.43. The van der Waals surface area contributed by atoms with Gasteiger partial charge >= 0.3 is 0 Å². The lowest BCUT2D eigenvalue weighted by atomic mass is 10.0. The third-order valence-electron chi connectivity index (χ3n) is 4.23. The van der Waals surface area contributed by atoms with E-state index in [1.165, 1.54) is 0 Å². The first-order chi connectivity index (χ1) is 10.1. The number of para-hydroxylation sites is 1. The fourth-order valence-electron chi connectivity index (χ4n) is 3.04. The van der Waals surface area contributed by atoms with Crippen LogP contribution in [-0.4, -0.2) is 53.6 Å². The second-order valence-electron chi connectivity index (χ2n) is 6.01. The molecule has 4 heteroatoms.